The molecule has 1 aromatic carbocycles. The summed E-state index contributed by atoms with van der Waals surface area (Å²) in [5.74, 6) is 0.884. The van der Waals surface area contributed by atoms with Crippen LogP contribution in [0, 0.1) is 0 Å². The Morgan fingerprint density at radius 3 is 3.00 bits per heavy atom. The molecule has 4 nitrogen and oxygen atoms in total. The highest BCUT2D eigenvalue weighted by molar-refractivity contribution is 5.30. The quantitative estimate of drug-likeness (QED) is 0.819. The number of hydrogen-bond donors (Lipinski definition) is 2. The largest absolute Gasteiger partial charge is 0.497 e. The van der Waals surface area contributed by atoms with Gasteiger partial charge in [-0.05, 0) is 31.2 Å². The van der Waals surface area contributed by atoms with Crippen LogP contribution in [0.25, 0.3) is 0 Å². The molecule has 0 amide bonds. The van der Waals surface area contributed by atoms with Gasteiger partial charge < -0.3 is 15.2 Å². The van der Waals surface area contributed by atoms with Gasteiger partial charge in [0, 0.05) is 25.7 Å². The van der Waals surface area contributed by atoms with Gasteiger partial charge in [0.2, 0.25) is 0 Å². The fourth-order valence-corrected chi connectivity index (χ4v) is 2.46. The Kier molecular flexibility index (Phi) is 4.58. The number of hydrogen-bond acceptors (Lipinski definition) is 4. The second-order valence-corrected chi connectivity index (χ2v) is 4.82. The van der Waals surface area contributed by atoms with Gasteiger partial charge in [-0.1, -0.05) is 12.1 Å². The molecule has 0 aliphatic carbocycles. The summed E-state index contributed by atoms with van der Waals surface area (Å²) in [5.41, 5.74) is 1.22. The molecular formula is C14H22N2O2. The molecule has 0 saturated carbocycles. The van der Waals surface area contributed by atoms with E-state index in [1.165, 1.54) is 5.56 Å². The van der Waals surface area contributed by atoms with Crippen molar-refractivity contribution in [2.75, 3.05) is 33.8 Å². The molecule has 0 spiro atoms. The van der Waals surface area contributed by atoms with Crippen LogP contribution in [0.15, 0.2) is 24.3 Å². The van der Waals surface area contributed by atoms with Crippen LogP contribution < -0.4 is 10.1 Å². The number of nitrogens with zero attached hydrogens (tertiary/aromatic N) is 1. The molecule has 2 N–H and O–H groups in total. The number of nitrogens with one attached hydrogen (secondary N) is 1. The summed E-state index contributed by atoms with van der Waals surface area (Å²) in [6.07, 6.45) is 0.724. The average molecular weight is 250 g/mol. The molecule has 0 radical (unpaired) electrons. The van der Waals surface area contributed by atoms with Crippen LogP contribution in [0.1, 0.15) is 18.0 Å². The number of likely N-dealkylation sites (N-methyl/N-ethyl adjacent to an activating group) is 1. The molecule has 18 heavy (non-hydrogen) atoms. The molecule has 2 rings (SSSR count). The summed E-state index contributed by atoms with van der Waals surface area (Å²) in [6, 6.07) is 8.40. The third kappa shape index (κ3) is 3.22. The zero-order valence-electron chi connectivity index (χ0n) is 11.1. The van der Waals surface area contributed by atoms with Gasteiger partial charge in [-0.2, -0.15) is 0 Å². The number of aliphatic hydroxyl groups is 1. The molecule has 1 heterocycles. The number of benzene rings is 1. The maximum atomic E-state index is 9.56. The second-order valence-electron chi connectivity index (χ2n) is 4.82. The minimum absolute atomic E-state index is 0.159. The first-order valence-corrected chi connectivity index (χ1v) is 6.44. The Morgan fingerprint density at radius 2 is 2.39 bits per heavy atom. The first-order valence-electron chi connectivity index (χ1n) is 6.44. The molecular weight excluding hydrogens is 228 g/mol. The molecule has 1 aromatic rings. The number of β-amino-alcohol motifs (C(OH)–C–C–N with tert-alkyl or cyclic N) is 1. The highest BCUT2D eigenvalue weighted by Gasteiger charge is 2.23. The number of likely N-dealkylation sites (tertiary alicyclic amines) is 1. The topological polar surface area (TPSA) is 44.7 Å². The summed E-state index contributed by atoms with van der Waals surface area (Å²) in [4.78, 5) is 2.30. The van der Waals surface area contributed by atoms with Crippen LogP contribution in [-0.4, -0.2) is 49.9 Å². The summed E-state index contributed by atoms with van der Waals surface area (Å²) in [6.45, 7) is 2.67. The van der Waals surface area contributed by atoms with Crippen LogP contribution >= 0.6 is 0 Å². The predicted octanol–water partition coefficient (Wildman–Crippen LogP) is 1.02. The first-order chi connectivity index (χ1) is 8.72. The number of aliphatic hydroxyl groups excluding tert-OH is 1. The van der Waals surface area contributed by atoms with E-state index in [2.05, 4.69) is 22.3 Å². The summed E-state index contributed by atoms with van der Waals surface area (Å²) >= 11 is 0. The molecule has 1 aliphatic heterocycles. The van der Waals surface area contributed by atoms with Crippen molar-refractivity contribution < 1.29 is 9.84 Å². The molecule has 1 fully saturated rings. The number of ether oxygens (including phenoxy) is 1. The average Bonchev–Trinajstić information content (AvgIpc) is 2.81. The maximum absolute atomic E-state index is 9.56. The van der Waals surface area contributed by atoms with E-state index >= 15 is 0 Å². The molecule has 2 atom stereocenters. The predicted molar refractivity (Wildman–Crippen MR) is 71.9 cm³/mol. The van der Waals surface area contributed by atoms with Gasteiger partial charge in [-0.25, -0.2) is 0 Å². The van der Waals surface area contributed by atoms with Gasteiger partial charge in [0.25, 0.3) is 0 Å². The van der Waals surface area contributed by atoms with Gasteiger partial charge in [-0.15, -0.1) is 0 Å². The molecule has 0 aromatic heterocycles. The maximum Gasteiger partial charge on any atom is 0.119 e. The van der Waals surface area contributed by atoms with Crippen molar-refractivity contribution in [2.45, 2.75) is 18.6 Å². The Morgan fingerprint density at radius 1 is 1.56 bits per heavy atom. The van der Waals surface area contributed by atoms with E-state index in [-0.39, 0.29) is 12.1 Å². The van der Waals surface area contributed by atoms with E-state index in [0.29, 0.717) is 0 Å². The van der Waals surface area contributed by atoms with Gasteiger partial charge >= 0.3 is 0 Å². The normalized spacial score (nSPS) is 22.1. The molecule has 1 saturated heterocycles. The zero-order chi connectivity index (χ0) is 13.0. The Labute approximate surface area is 109 Å². The summed E-state index contributed by atoms with van der Waals surface area (Å²) < 4.78 is 5.26. The number of rotatable bonds is 5. The smallest absolute Gasteiger partial charge is 0.119 e. The van der Waals surface area contributed by atoms with Crippen LogP contribution in [0.2, 0.25) is 0 Å². The van der Waals surface area contributed by atoms with E-state index in [1.54, 1.807) is 7.11 Å². The second kappa shape index (κ2) is 6.18. The lowest BCUT2D eigenvalue weighted by Crippen LogP contribution is -2.33. The van der Waals surface area contributed by atoms with E-state index in [4.69, 9.17) is 4.74 Å². The van der Waals surface area contributed by atoms with Crippen LogP contribution in [0.4, 0.5) is 0 Å². The van der Waals surface area contributed by atoms with E-state index < -0.39 is 0 Å². The standard InChI is InChI=1S/C14H22N2O2/c1-15-14(10-16-7-6-12(17)9-16)11-4-3-5-13(8-11)18-2/h3-5,8,12,14-15,17H,6-7,9-10H2,1-2H3/t12?,14-/m1/s1. The zero-order valence-corrected chi connectivity index (χ0v) is 11.1. The third-order valence-corrected chi connectivity index (χ3v) is 3.53. The van der Waals surface area contributed by atoms with Crippen molar-refractivity contribution in [3.8, 4) is 5.75 Å². The SMILES string of the molecule is CN[C@H](CN1CCC(O)C1)c1cccc(OC)c1. The van der Waals surface area contributed by atoms with E-state index in [1.807, 2.05) is 19.2 Å². The minimum Gasteiger partial charge on any atom is -0.497 e. The summed E-state index contributed by atoms with van der Waals surface area (Å²) in [7, 11) is 3.65. The monoisotopic (exact) mass is 250 g/mol. The molecule has 0 bridgehead atoms. The van der Waals surface area contributed by atoms with Crippen molar-refractivity contribution in [1.29, 1.82) is 0 Å². The van der Waals surface area contributed by atoms with Crippen LogP contribution in [0.3, 0.4) is 0 Å². The molecule has 4 heteroatoms. The van der Waals surface area contributed by atoms with E-state index in [0.717, 1.165) is 31.8 Å². The van der Waals surface area contributed by atoms with Gasteiger partial charge in [0.1, 0.15) is 5.75 Å². The molecule has 100 valence electrons. The first kappa shape index (κ1) is 13.3. The molecule has 1 unspecified atom stereocenters. The van der Waals surface area contributed by atoms with Crippen LogP contribution in [-0.2, 0) is 0 Å². The highest BCUT2D eigenvalue weighted by Crippen LogP contribution is 2.21. The number of methoxy groups -OCH3 is 1. The van der Waals surface area contributed by atoms with Crippen molar-refractivity contribution in [3.05, 3.63) is 29.8 Å². The van der Waals surface area contributed by atoms with Crippen molar-refractivity contribution in [2.24, 2.45) is 0 Å². The lowest BCUT2D eigenvalue weighted by Gasteiger charge is -2.23. The Bertz CT molecular complexity index is 384. The Balaban J connectivity index is 2.03. The van der Waals surface area contributed by atoms with Gasteiger partial charge in [-0.3, -0.25) is 4.90 Å². The Hall–Kier alpha value is -1.10. The van der Waals surface area contributed by atoms with Gasteiger partial charge in [0.15, 0.2) is 0 Å². The lowest BCUT2D eigenvalue weighted by atomic mass is 10.1. The van der Waals surface area contributed by atoms with Crippen molar-refractivity contribution >= 4 is 0 Å². The third-order valence-electron chi connectivity index (χ3n) is 3.53. The fraction of sp³-hybridized carbons (Fsp3) is 0.571. The van der Waals surface area contributed by atoms with Crippen molar-refractivity contribution in [1.82, 2.24) is 10.2 Å². The molecule has 1 aliphatic rings. The highest BCUT2D eigenvalue weighted by atomic mass is 16.5. The minimum atomic E-state index is -0.159. The van der Waals surface area contributed by atoms with Crippen molar-refractivity contribution in [3.63, 3.8) is 0 Å². The van der Waals surface area contributed by atoms with E-state index in [9.17, 15) is 5.11 Å². The fourth-order valence-electron chi connectivity index (χ4n) is 2.46. The van der Waals surface area contributed by atoms with Crippen LogP contribution in [0.5, 0.6) is 5.75 Å². The van der Waals surface area contributed by atoms with Gasteiger partial charge in [0.05, 0.1) is 13.2 Å². The lowest BCUT2D eigenvalue weighted by molar-refractivity contribution is 0.173. The summed E-state index contributed by atoms with van der Waals surface area (Å²) in [5, 5.41) is 12.9.